The molecule has 0 aliphatic carbocycles. The van der Waals surface area contributed by atoms with Gasteiger partial charge in [0, 0.05) is 12.1 Å². The number of rotatable bonds is 7. The molecule has 100 valence electrons. The largest absolute Gasteiger partial charge is 0.497 e. The van der Waals surface area contributed by atoms with Gasteiger partial charge < -0.3 is 9.84 Å². The highest BCUT2D eigenvalue weighted by Crippen LogP contribution is 2.14. The predicted octanol–water partition coefficient (Wildman–Crippen LogP) is 1.58. The number of carbonyl (C=O) groups excluding carboxylic acids is 1. The maximum absolute atomic E-state index is 12.3. The van der Waals surface area contributed by atoms with Crippen LogP contribution in [-0.2, 0) is 0 Å². The van der Waals surface area contributed by atoms with Crippen LogP contribution in [0.4, 0.5) is 0 Å². The van der Waals surface area contributed by atoms with Gasteiger partial charge in [0.1, 0.15) is 5.75 Å². The minimum absolute atomic E-state index is 0.0629. The van der Waals surface area contributed by atoms with Crippen LogP contribution in [0.5, 0.6) is 5.75 Å². The Labute approximate surface area is 108 Å². The molecule has 1 N–H and O–H groups in total. The summed E-state index contributed by atoms with van der Waals surface area (Å²) in [6.45, 7) is 5.16. The zero-order valence-electron chi connectivity index (χ0n) is 11.2. The van der Waals surface area contributed by atoms with Crippen molar-refractivity contribution < 1.29 is 14.6 Å². The van der Waals surface area contributed by atoms with E-state index >= 15 is 0 Å². The number of Topliss-reactive ketones (excluding diaryl/α,β-unsaturated/α-hetero) is 1. The molecule has 18 heavy (non-hydrogen) atoms. The van der Waals surface area contributed by atoms with Gasteiger partial charge >= 0.3 is 0 Å². The highest BCUT2D eigenvalue weighted by atomic mass is 16.5. The van der Waals surface area contributed by atoms with Crippen molar-refractivity contribution in [2.45, 2.75) is 19.9 Å². The maximum atomic E-state index is 12.3. The topological polar surface area (TPSA) is 49.8 Å². The Morgan fingerprint density at radius 2 is 2.00 bits per heavy atom. The van der Waals surface area contributed by atoms with Crippen LogP contribution in [-0.4, -0.2) is 48.6 Å². The predicted molar refractivity (Wildman–Crippen MR) is 71.1 cm³/mol. The zero-order valence-corrected chi connectivity index (χ0v) is 11.2. The van der Waals surface area contributed by atoms with Crippen LogP contribution >= 0.6 is 0 Å². The van der Waals surface area contributed by atoms with Gasteiger partial charge in [0.05, 0.1) is 19.8 Å². The van der Waals surface area contributed by atoms with Gasteiger partial charge in [0.2, 0.25) is 0 Å². The molecule has 0 fully saturated rings. The number of methoxy groups -OCH3 is 1. The van der Waals surface area contributed by atoms with Gasteiger partial charge in [-0.1, -0.05) is 6.92 Å². The number of nitrogens with zero attached hydrogens (tertiary/aromatic N) is 1. The molecule has 4 heteroatoms. The molecule has 0 radical (unpaired) electrons. The SMILES string of the molecule is CCN(CCO)C(C)C(=O)c1ccc(OC)cc1. The third-order valence-electron chi connectivity index (χ3n) is 3.10. The van der Waals surface area contributed by atoms with E-state index in [2.05, 4.69) is 0 Å². The number of hydrogen-bond acceptors (Lipinski definition) is 4. The standard InChI is InChI=1S/C14H21NO3/c1-4-15(9-10-16)11(2)14(17)12-5-7-13(18-3)8-6-12/h5-8,11,16H,4,9-10H2,1-3H3. The van der Waals surface area contributed by atoms with Gasteiger partial charge in [-0.25, -0.2) is 0 Å². The summed E-state index contributed by atoms with van der Waals surface area (Å²) < 4.78 is 5.06. The third kappa shape index (κ3) is 3.55. The molecule has 1 unspecified atom stereocenters. The Hall–Kier alpha value is -1.39. The molecule has 0 amide bonds. The van der Waals surface area contributed by atoms with Crippen molar-refractivity contribution in [3.63, 3.8) is 0 Å². The summed E-state index contributed by atoms with van der Waals surface area (Å²) >= 11 is 0. The molecule has 0 aromatic heterocycles. The number of likely N-dealkylation sites (N-methyl/N-ethyl adjacent to an activating group) is 1. The summed E-state index contributed by atoms with van der Waals surface area (Å²) in [5.41, 5.74) is 0.666. The molecule has 1 rings (SSSR count). The highest BCUT2D eigenvalue weighted by Gasteiger charge is 2.20. The first-order valence-corrected chi connectivity index (χ1v) is 6.17. The molecule has 0 spiro atoms. The molecular formula is C14H21NO3. The minimum atomic E-state index is -0.226. The Bertz CT molecular complexity index is 375. The quantitative estimate of drug-likeness (QED) is 0.748. The number of hydrogen-bond donors (Lipinski definition) is 1. The van der Waals surface area contributed by atoms with Crippen LogP contribution in [0.3, 0.4) is 0 Å². The molecule has 0 aliphatic rings. The van der Waals surface area contributed by atoms with Crippen molar-refractivity contribution >= 4 is 5.78 Å². The molecule has 0 saturated carbocycles. The highest BCUT2D eigenvalue weighted by molar-refractivity contribution is 5.99. The Balaban J connectivity index is 2.78. The maximum Gasteiger partial charge on any atom is 0.179 e. The second-order valence-corrected chi connectivity index (χ2v) is 4.12. The van der Waals surface area contributed by atoms with Gasteiger partial charge in [0.25, 0.3) is 0 Å². The number of aliphatic hydroxyl groups excluding tert-OH is 1. The number of ketones is 1. The van der Waals surface area contributed by atoms with Crippen LogP contribution in [0.2, 0.25) is 0 Å². The van der Waals surface area contributed by atoms with E-state index < -0.39 is 0 Å². The fraction of sp³-hybridized carbons (Fsp3) is 0.500. The number of carbonyl (C=O) groups is 1. The lowest BCUT2D eigenvalue weighted by Crippen LogP contribution is -2.40. The second kappa shape index (κ2) is 7.13. The summed E-state index contributed by atoms with van der Waals surface area (Å²) in [5, 5.41) is 8.97. The lowest BCUT2D eigenvalue weighted by atomic mass is 10.0. The summed E-state index contributed by atoms with van der Waals surface area (Å²) in [6.07, 6.45) is 0. The summed E-state index contributed by atoms with van der Waals surface area (Å²) in [6, 6.07) is 6.87. The van der Waals surface area contributed by atoms with E-state index in [9.17, 15) is 4.79 Å². The Kier molecular flexibility index (Phi) is 5.82. The van der Waals surface area contributed by atoms with Gasteiger partial charge in [-0.3, -0.25) is 9.69 Å². The van der Waals surface area contributed by atoms with Crippen molar-refractivity contribution in [1.29, 1.82) is 0 Å². The first-order valence-electron chi connectivity index (χ1n) is 6.17. The van der Waals surface area contributed by atoms with Crippen LogP contribution in [0.15, 0.2) is 24.3 Å². The average molecular weight is 251 g/mol. The van der Waals surface area contributed by atoms with Gasteiger partial charge in [-0.2, -0.15) is 0 Å². The van der Waals surface area contributed by atoms with E-state index in [4.69, 9.17) is 9.84 Å². The van der Waals surface area contributed by atoms with Gasteiger partial charge in [0.15, 0.2) is 5.78 Å². The second-order valence-electron chi connectivity index (χ2n) is 4.12. The summed E-state index contributed by atoms with van der Waals surface area (Å²) in [4.78, 5) is 14.2. The van der Waals surface area contributed by atoms with E-state index in [-0.39, 0.29) is 18.4 Å². The zero-order chi connectivity index (χ0) is 13.5. The summed E-state index contributed by atoms with van der Waals surface area (Å²) in [7, 11) is 1.60. The molecular weight excluding hydrogens is 230 g/mol. The van der Waals surface area contributed by atoms with Gasteiger partial charge in [-0.15, -0.1) is 0 Å². The number of benzene rings is 1. The van der Waals surface area contributed by atoms with Crippen molar-refractivity contribution in [1.82, 2.24) is 4.90 Å². The minimum Gasteiger partial charge on any atom is -0.497 e. The lowest BCUT2D eigenvalue weighted by Gasteiger charge is -2.25. The first-order chi connectivity index (χ1) is 8.63. The van der Waals surface area contributed by atoms with E-state index in [1.54, 1.807) is 31.4 Å². The van der Waals surface area contributed by atoms with E-state index in [1.165, 1.54) is 0 Å². The molecule has 4 nitrogen and oxygen atoms in total. The molecule has 1 aromatic rings. The monoisotopic (exact) mass is 251 g/mol. The van der Waals surface area contributed by atoms with Crippen LogP contribution in [0, 0.1) is 0 Å². The third-order valence-corrected chi connectivity index (χ3v) is 3.10. The van der Waals surface area contributed by atoms with Crippen molar-refractivity contribution in [2.75, 3.05) is 26.8 Å². The van der Waals surface area contributed by atoms with Crippen LogP contribution in [0.25, 0.3) is 0 Å². The van der Waals surface area contributed by atoms with Crippen molar-refractivity contribution in [2.24, 2.45) is 0 Å². The van der Waals surface area contributed by atoms with Crippen molar-refractivity contribution in [3.05, 3.63) is 29.8 Å². The van der Waals surface area contributed by atoms with Crippen LogP contribution in [0.1, 0.15) is 24.2 Å². The molecule has 0 saturated heterocycles. The molecule has 0 bridgehead atoms. The number of ether oxygens (including phenoxy) is 1. The lowest BCUT2D eigenvalue weighted by molar-refractivity contribution is 0.0817. The summed E-state index contributed by atoms with van der Waals surface area (Å²) in [5.74, 6) is 0.801. The fourth-order valence-corrected chi connectivity index (χ4v) is 1.92. The van der Waals surface area contributed by atoms with E-state index in [0.717, 1.165) is 12.3 Å². The van der Waals surface area contributed by atoms with E-state index in [1.807, 2.05) is 18.7 Å². The fourth-order valence-electron chi connectivity index (χ4n) is 1.92. The molecule has 1 atom stereocenters. The number of aliphatic hydroxyl groups is 1. The van der Waals surface area contributed by atoms with Crippen LogP contribution < -0.4 is 4.74 Å². The molecule has 0 aliphatic heterocycles. The average Bonchev–Trinajstić information content (AvgIpc) is 2.43. The van der Waals surface area contributed by atoms with E-state index in [0.29, 0.717) is 12.1 Å². The van der Waals surface area contributed by atoms with Gasteiger partial charge in [-0.05, 0) is 37.7 Å². The van der Waals surface area contributed by atoms with Crippen molar-refractivity contribution in [3.8, 4) is 5.75 Å². The Morgan fingerprint density at radius 1 is 1.39 bits per heavy atom. The first kappa shape index (κ1) is 14.7. The molecule has 0 heterocycles. The normalized spacial score (nSPS) is 12.5. The molecule has 1 aromatic carbocycles. The smallest absolute Gasteiger partial charge is 0.179 e. The Morgan fingerprint density at radius 3 is 2.44 bits per heavy atom.